The summed E-state index contributed by atoms with van der Waals surface area (Å²) in [6.07, 6.45) is -1.76. The van der Waals surface area contributed by atoms with Crippen molar-refractivity contribution in [1.82, 2.24) is 4.98 Å². The monoisotopic (exact) mass is 309 g/mol. The zero-order chi connectivity index (χ0) is 13.0. The van der Waals surface area contributed by atoms with Crippen LogP contribution in [-0.4, -0.2) is 17.6 Å². The first-order chi connectivity index (χ1) is 8.02. The SMILES string of the molecule is CCOC(=O)c1c(C(F)F)c(CBr)c[nH]c1=O. The lowest BCUT2D eigenvalue weighted by Gasteiger charge is -2.10. The summed E-state index contributed by atoms with van der Waals surface area (Å²) in [5, 5.41) is 0.107. The number of aromatic nitrogens is 1. The van der Waals surface area contributed by atoms with Gasteiger partial charge in [-0.15, -0.1) is 0 Å². The van der Waals surface area contributed by atoms with Crippen molar-refractivity contribution in [3.63, 3.8) is 0 Å². The molecule has 7 heteroatoms. The zero-order valence-corrected chi connectivity index (χ0v) is 10.5. The third-order valence-corrected chi connectivity index (χ3v) is 2.67. The summed E-state index contributed by atoms with van der Waals surface area (Å²) in [5.41, 5.74) is -1.92. The minimum Gasteiger partial charge on any atom is -0.462 e. The van der Waals surface area contributed by atoms with Gasteiger partial charge in [-0.05, 0) is 12.5 Å². The Labute approximate surface area is 104 Å². The Balaban J connectivity index is 3.44. The number of H-pyrrole nitrogens is 1. The predicted octanol–water partition coefficient (Wildman–Crippen LogP) is 2.38. The number of aromatic amines is 1. The fourth-order valence-electron chi connectivity index (χ4n) is 1.35. The van der Waals surface area contributed by atoms with Crippen molar-refractivity contribution >= 4 is 21.9 Å². The van der Waals surface area contributed by atoms with Gasteiger partial charge in [0.25, 0.3) is 12.0 Å². The molecule has 0 unspecified atom stereocenters. The summed E-state index contributed by atoms with van der Waals surface area (Å²) in [4.78, 5) is 25.1. The molecule has 0 atom stereocenters. The number of nitrogens with one attached hydrogen (secondary N) is 1. The van der Waals surface area contributed by atoms with Gasteiger partial charge >= 0.3 is 5.97 Å². The Morgan fingerprint density at radius 2 is 2.24 bits per heavy atom. The Morgan fingerprint density at radius 1 is 1.59 bits per heavy atom. The maximum Gasteiger partial charge on any atom is 0.344 e. The highest BCUT2D eigenvalue weighted by Crippen LogP contribution is 2.26. The molecule has 4 nitrogen and oxygen atoms in total. The lowest BCUT2D eigenvalue weighted by molar-refractivity contribution is 0.0512. The highest BCUT2D eigenvalue weighted by Gasteiger charge is 2.26. The van der Waals surface area contributed by atoms with Crippen LogP contribution in [0.2, 0.25) is 0 Å². The highest BCUT2D eigenvalue weighted by atomic mass is 79.9. The molecule has 1 aromatic rings. The van der Waals surface area contributed by atoms with E-state index in [1.54, 1.807) is 0 Å². The lowest BCUT2D eigenvalue weighted by atomic mass is 10.1. The van der Waals surface area contributed by atoms with Gasteiger partial charge in [0.1, 0.15) is 5.56 Å². The second-order valence-electron chi connectivity index (χ2n) is 3.09. The van der Waals surface area contributed by atoms with Crippen molar-refractivity contribution in [2.45, 2.75) is 18.7 Å². The maximum absolute atomic E-state index is 12.9. The Morgan fingerprint density at radius 3 is 2.71 bits per heavy atom. The number of hydrogen-bond donors (Lipinski definition) is 1. The minimum atomic E-state index is -2.91. The molecule has 0 saturated carbocycles. The number of rotatable bonds is 4. The third-order valence-electron chi connectivity index (χ3n) is 2.06. The normalized spacial score (nSPS) is 10.6. The maximum atomic E-state index is 12.9. The summed E-state index contributed by atoms with van der Waals surface area (Å²) < 4.78 is 30.3. The first kappa shape index (κ1) is 13.8. The Hall–Kier alpha value is -1.24. The molecule has 1 rings (SSSR count). The largest absolute Gasteiger partial charge is 0.462 e. The fraction of sp³-hybridized carbons (Fsp3) is 0.400. The average molecular weight is 310 g/mol. The summed E-state index contributed by atoms with van der Waals surface area (Å²) in [6, 6.07) is 0. The quantitative estimate of drug-likeness (QED) is 0.686. The number of carbonyl (C=O) groups is 1. The van der Waals surface area contributed by atoms with Crippen LogP contribution in [0.1, 0.15) is 34.8 Å². The molecule has 17 heavy (non-hydrogen) atoms. The van der Waals surface area contributed by atoms with Crippen LogP contribution in [0.4, 0.5) is 8.78 Å². The van der Waals surface area contributed by atoms with Crippen LogP contribution in [0.15, 0.2) is 11.0 Å². The Kier molecular flexibility index (Phi) is 4.80. The van der Waals surface area contributed by atoms with Crippen LogP contribution < -0.4 is 5.56 Å². The molecule has 0 aliphatic rings. The van der Waals surface area contributed by atoms with Crippen molar-refractivity contribution in [3.8, 4) is 0 Å². The third kappa shape index (κ3) is 2.91. The molecule has 0 spiro atoms. The van der Waals surface area contributed by atoms with E-state index in [2.05, 4.69) is 25.7 Å². The summed E-state index contributed by atoms with van der Waals surface area (Å²) in [7, 11) is 0. The van der Waals surface area contributed by atoms with E-state index >= 15 is 0 Å². The highest BCUT2D eigenvalue weighted by molar-refractivity contribution is 9.08. The number of carbonyl (C=O) groups excluding carboxylic acids is 1. The lowest BCUT2D eigenvalue weighted by Crippen LogP contribution is -2.23. The van der Waals surface area contributed by atoms with E-state index in [1.807, 2.05) is 0 Å². The first-order valence-electron chi connectivity index (χ1n) is 4.78. The predicted molar refractivity (Wildman–Crippen MR) is 60.6 cm³/mol. The van der Waals surface area contributed by atoms with E-state index in [0.717, 1.165) is 6.20 Å². The van der Waals surface area contributed by atoms with Crippen LogP contribution in [0, 0.1) is 0 Å². The molecular formula is C10H10BrF2NO3. The molecule has 0 fully saturated rings. The molecule has 1 aromatic heterocycles. The van der Waals surface area contributed by atoms with E-state index in [1.165, 1.54) is 6.92 Å². The standard InChI is InChI=1S/C10H10BrF2NO3/c1-2-17-10(16)7-6(8(12)13)5(3-11)4-14-9(7)15/h4,8H,2-3H2,1H3,(H,14,15). The van der Waals surface area contributed by atoms with Crippen molar-refractivity contribution in [2.24, 2.45) is 0 Å². The molecule has 1 N–H and O–H groups in total. The van der Waals surface area contributed by atoms with Crippen LogP contribution in [-0.2, 0) is 10.1 Å². The van der Waals surface area contributed by atoms with Gasteiger partial charge in [0.2, 0.25) is 0 Å². The van der Waals surface area contributed by atoms with Gasteiger partial charge in [-0.3, -0.25) is 4.79 Å². The molecule has 1 heterocycles. The molecular weight excluding hydrogens is 300 g/mol. The van der Waals surface area contributed by atoms with Gasteiger partial charge in [0, 0.05) is 17.1 Å². The molecule has 0 saturated heterocycles. The van der Waals surface area contributed by atoms with Crippen molar-refractivity contribution in [3.05, 3.63) is 33.2 Å². The summed E-state index contributed by atoms with van der Waals surface area (Å²) in [5.74, 6) is -1.04. The minimum absolute atomic E-state index is 0.0134. The smallest absolute Gasteiger partial charge is 0.344 e. The topological polar surface area (TPSA) is 59.2 Å². The molecule has 0 amide bonds. The number of halogens is 3. The van der Waals surface area contributed by atoms with Gasteiger partial charge < -0.3 is 9.72 Å². The number of hydrogen-bond acceptors (Lipinski definition) is 3. The van der Waals surface area contributed by atoms with Gasteiger partial charge in [-0.2, -0.15) is 0 Å². The number of ether oxygens (including phenoxy) is 1. The number of esters is 1. The van der Waals surface area contributed by atoms with E-state index in [0.29, 0.717) is 0 Å². The second kappa shape index (κ2) is 5.90. The van der Waals surface area contributed by atoms with Crippen LogP contribution in [0.3, 0.4) is 0 Å². The second-order valence-corrected chi connectivity index (χ2v) is 3.65. The molecule has 0 radical (unpaired) electrons. The first-order valence-corrected chi connectivity index (χ1v) is 5.90. The van der Waals surface area contributed by atoms with Gasteiger partial charge in [0.15, 0.2) is 0 Å². The summed E-state index contributed by atoms with van der Waals surface area (Å²) in [6.45, 7) is 1.54. The molecule has 0 aliphatic heterocycles. The van der Waals surface area contributed by atoms with E-state index in [9.17, 15) is 18.4 Å². The Bertz CT molecular complexity index is 473. The van der Waals surface area contributed by atoms with Gasteiger partial charge in [-0.25, -0.2) is 13.6 Å². The van der Waals surface area contributed by atoms with Crippen LogP contribution in [0.25, 0.3) is 0 Å². The molecule has 94 valence electrons. The van der Waals surface area contributed by atoms with Crippen molar-refractivity contribution < 1.29 is 18.3 Å². The fourth-order valence-corrected chi connectivity index (χ4v) is 1.82. The van der Waals surface area contributed by atoms with Crippen LogP contribution >= 0.6 is 15.9 Å². The zero-order valence-electron chi connectivity index (χ0n) is 8.93. The van der Waals surface area contributed by atoms with E-state index in [4.69, 9.17) is 0 Å². The molecule has 0 aliphatic carbocycles. The summed E-state index contributed by atoms with van der Waals surface area (Å²) >= 11 is 3.02. The van der Waals surface area contributed by atoms with E-state index in [-0.39, 0.29) is 17.5 Å². The van der Waals surface area contributed by atoms with Gasteiger partial charge in [0.05, 0.1) is 6.61 Å². The average Bonchev–Trinajstić information content (AvgIpc) is 2.28. The van der Waals surface area contributed by atoms with Crippen molar-refractivity contribution in [1.29, 1.82) is 0 Å². The molecule has 0 aromatic carbocycles. The van der Waals surface area contributed by atoms with Crippen LogP contribution in [0.5, 0.6) is 0 Å². The molecule has 0 bridgehead atoms. The number of pyridine rings is 1. The van der Waals surface area contributed by atoms with Crippen molar-refractivity contribution in [2.75, 3.05) is 6.61 Å². The number of alkyl halides is 3. The van der Waals surface area contributed by atoms with E-state index < -0.39 is 29.1 Å². The van der Waals surface area contributed by atoms with Gasteiger partial charge in [-0.1, -0.05) is 15.9 Å².